The smallest absolute Gasteiger partial charge is 0.326 e. The minimum atomic E-state index is -1.57. The zero-order valence-electron chi connectivity index (χ0n) is 51.1. The highest BCUT2D eigenvalue weighted by molar-refractivity contribution is 5.89. The molecular weight excluding hydrogens is 1130 g/mol. The fourth-order valence-electron chi connectivity index (χ4n) is 8.84. The van der Waals surface area contributed by atoms with Gasteiger partial charge >= 0.3 is 23.9 Å². The van der Waals surface area contributed by atoms with Crippen LogP contribution in [0.25, 0.3) is 0 Å². The van der Waals surface area contributed by atoms with Crippen molar-refractivity contribution in [3.63, 3.8) is 0 Å². The van der Waals surface area contributed by atoms with Crippen LogP contribution in [0.5, 0.6) is 0 Å². The largest absolute Gasteiger partial charge is 0.481 e. The fourth-order valence-corrected chi connectivity index (χ4v) is 8.84. The van der Waals surface area contributed by atoms with E-state index in [4.69, 9.17) is 24.1 Å². The van der Waals surface area contributed by atoms with E-state index in [0.717, 1.165) is 70.6 Å². The lowest BCUT2D eigenvalue weighted by Crippen LogP contribution is -2.48. The molecule has 86 heavy (non-hydrogen) atoms. The van der Waals surface area contributed by atoms with Crippen molar-refractivity contribution in [2.75, 3.05) is 65.9 Å². The van der Waals surface area contributed by atoms with Gasteiger partial charge in [0.05, 0.1) is 39.1 Å². The zero-order chi connectivity index (χ0) is 64.3. The number of hydrogen-bond donors (Lipinski definition) is 11. The highest BCUT2D eigenvalue weighted by Gasteiger charge is 2.28. The molecule has 0 rings (SSSR count). The molecule has 0 unspecified atom stereocenters. The third-order valence-electron chi connectivity index (χ3n) is 13.9. The van der Waals surface area contributed by atoms with Crippen LogP contribution in [0, 0.1) is 5.92 Å². The molecular formula is C59H102N6O21. The van der Waals surface area contributed by atoms with Crippen LogP contribution in [0.4, 0.5) is 0 Å². The van der Waals surface area contributed by atoms with Gasteiger partial charge in [-0.05, 0) is 71.6 Å². The number of hydrogen-bond acceptors (Lipinski definition) is 17. The van der Waals surface area contributed by atoms with E-state index in [1.54, 1.807) is 0 Å². The Morgan fingerprint density at radius 1 is 0.395 bits per heavy atom. The average Bonchev–Trinajstić information content (AvgIpc) is 3.67. The fraction of sp³-hybridized carbons (Fsp3) is 0.797. The van der Waals surface area contributed by atoms with E-state index in [1.807, 2.05) is 6.92 Å². The Kier molecular flexibility index (Phi) is 48.3. The van der Waals surface area contributed by atoms with Gasteiger partial charge in [0, 0.05) is 64.1 Å². The number of carbonyl (C=O) groups excluding carboxylic acids is 8. The number of aliphatic hydroxyl groups is 1. The Labute approximate surface area is 506 Å². The third kappa shape index (κ3) is 46.1. The molecule has 0 aromatic rings. The van der Waals surface area contributed by atoms with Crippen molar-refractivity contribution in [1.29, 1.82) is 0 Å². The summed E-state index contributed by atoms with van der Waals surface area (Å²) in [4.78, 5) is 145. The van der Waals surface area contributed by atoms with Crippen molar-refractivity contribution in [3.05, 3.63) is 0 Å². The molecule has 0 aliphatic rings. The molecule has 27 nitrogen and oxygen atoms in total. The molecule has 0 fully saturated rings. The second kappa shape index (κ2) is 52.0. The molecule has 494 valence electrons. The van der Waals surface area contributed by atoms with Gasteiger partial charge in [0.1, 0.15) is 43.2 Å². The number of nitrogens with one attached hydrogen (secondary N) is 6. The van der Waals surface area contributed by atoms with E-state index >= 15 is 0 Å². The van der Waals surface area contributed by atoms with Gasteiger partial charge in [-0.15, -0.1) is 0 Å². The van der Waals surface area contributed by atoms with Crippen molar-refractivity contribution < 1.29 is 102 Å². The number of carboxylic acids is 4. The maximum absolute atomic E-state index is 12.6. The molecule has 0 bridgehead atoms. The number of unbranched alkanes of at least 4 members (excludes halogenated alkanes) is 14. The molecule has 6 atom stereocenters. The molecule has 0 aliphatic carbocycles. The standard InChI is InChI=1S/C59H102N6O21/c1-4-44(56(76)65-55(42(2)66)43(3)67)22-19-20-32-60-52(72)40-86-39-37-84-35-33-61-53(73)41-85-38-36-83-34-21-23-45(68)26-27-46(57(77)78)63-50(70)31-29-48(59(81)82)64-51(71)30-28-47(58(79)80)62-49(69)24-17-15-13-11-9-7-5-6-8-10-12-14-16-18-25-54(74)75/h42,44,46-48,55,66H,4-41H2,1-3H3,(H,60,72)(H,61,73)(H,62,69)(H,63,70)(H,64,71)(H,65,76)(H,74,75)(H,77,78)(H,79,80)(H,81,82)/t42-,44+,46+,47+,48+,55+/m1/s1. The number of aliphatic hydroxyl groups excluding tert-OH is 1. The molecule has 0 saturated heterocycles. The summed E-state index contributed by atoms with van der Waals surface area (Å²) in [5.74, 6) is -9.05. The van der Waals surface area contributed by atoms with Gasteiger partial charge in [0.25, 0.3) is 0 Å². The summed E-state index contributed by atoms with van der Waals surface area (Å²) in [6.45, 7) is 5.79. The number of amides is 6. The third-order valence-corrected chi connectivity index (χ3v) is 13.9. The van der Waals surface area contributed by atoms with Crippen LogP contribution in [0.1, 0.15) is 201 Å². The van der Waals surface area contributed by atoms with Crippen molar-refractivity contribution in [3.8, 4) is 0 Å². The topological polar surface area (TPSA) is 415 Å². The first-order valence-electron chi connectivity index (χ1n) is 30.7. The van der Waals surface area contributed by atoms with Crippen molar-refractivity contribution in [1.82, 2.24) is 31.9 Å². The van der Waals surface area contributed by atoms with Gasteiger partial charge in [-0.25, -0.2) is 14.4 Å². The lowest BCUT2D eigenvalue weighted by Gasteiger charge is -2.22. The summed E-state index contributed by atoms with van der Waals surface area (Å²) in [7, 11) is 0. The van der Waals surface area contributed by atoms with E-state index < -0.39 is 91.1 Å². The highest BCUT2D eigenvalue weighted by atomic mass is 16.5. The van der Waals surface area contributed by atoms with E-state index in [1.165, 1.54) is 26.7 Å². The number of aliphatic carboxylic acids is 4. The van der Waals surface area contributed by atoms with Crippen molar-refractivity contribution >= 4 is 70.9 Å². The molecule has 0 radical (unpaired) electrons. The number of carbonyl (C=O) groups is 12. The predicted molar refractivity (Wildman–Crippen MR) is 313 cm³/mol. The van der Waals surface area contributed by atoms with Crippen LogP contribution in [-0.2, 0) is 76.5 Å². The maximum Gasteiger partial charge on any atom is 0.326 e. The summed E-state index contributed by atoms with van der Waals surface area (Å²) in [5.41, 5.74) is 0. The molecule has 27 heteroatoms. The van der Waals surface area contributed by atoms with E-state index in [2.05, 4.69) is 31.9 Å². The van der Waals surface area contributed by atoms with Crippen LogP contribution in [-0.4, -0.2) is 193 Å². The van der Waals surface area contributed by atoms with E-state index in [9.17, 15) is 78.0 Å². The number of carboxylic acid groups (broad SMARTS) is 4. The Morgan fingerprint density at radius 2 is 0.802 bits per heavy atom. The highest BCUT2D eigenvalue weighted by Crippen LogP contribution is 2.16. The predicted octanol–water partition coefficient (Wildman–Crippen LogP) is 3.66. The number of ketones is 2. The molecule has 0 saturated carbocycles. The minimum Gasteiger partial charge on any atom is -0.481 e. The number of Topliss-reactive ketones (excluding diaryl/α,β-unsaturated/α-hetero) is 2. The summed E-state index contributed by atoms with van der Waals surface area (Å²) >= 11 is 0. The summed E-state index contributed by atoms with van der Waals surface area (Å²) in [6.07, 6.45) is 14.2. The summed E-state index contributed by atoms with van der Waals surface area (Å²) in [6, 6.07) is -5.36. The molecule has 0 aromatic heterocycles. The lowest BCUT2D eigenvalue weighted by molar-refractivity contribution is -0.144. The first-order valence-corrected chi connectivity index (χ1v) is 30.7. The Hall–Kier alpha value is -6.16. The molecule has 0 aliphatic heterocycles. The van der Waals surface area contributed by atoms with Crippen LogP contribution in [0.3, 0.4) is 0 Å². The first kappa shape index (κ1) is 79.8. The molecule has 6 amide bonds. The first-order chi connectivity index (χ1) is 41.1. The van der Waals surface area contributed by atoms with E-state index in [0.29, 0.717) is 45.1 Å². The van der Waals surface area contributed by atoms with Gasteiger partial charge in [-0.2, -0.15) is 0 Å². The van der Waals surface area contributed by atoms with Gasteiger partial charge in [0.2, 0.25) is 35.4 Å². The quantitative estimate of drug-likeness (QED) is 0.0387. The van der Waals surface area contributed by atoms with Crippen molar-refractivity contribution in [2.45, 2.75) is 231 Å². The van der Waals surface area contributed by atoms with Crippen LogP contribution in [0.2, 0.25) is 0 Å². The van der Waals surface area contributed by atoms with Gasteiger partial charge in [-0.3, -0.25) is 43.2 Å². The molecule has 11 N–H and O–H groups in total. The van der Waals surface area contributed by atoms with Crippen LogP contribution < -0.4 is 31.9 Å². The number of rotatable bonds is 59. The monoisotopic (exact) mass is 1230 g/mol. The Bertz CT molecular complexity index is 2010. The van der Waals surface area contributed by atoms with Crippen LogP contribution in [0.15, 0.2) is 0 Å². The second-order valence-corrected chi connectivity index (χ2v) is 21.4. The van der Waals surface area contributed by atoms with E-state index in [-0.39, 0.29) is 133 Å². The Balaban J connectivity index is 4.15. The van der Waals surface area contributed by atoms with Gasteiger partial charge in [-0.1, -0.05) is 90.4 Å². The van der Waals surface area contributed by atoms with Crippen molar-refractivity contribution in [2.24, 2.45) is 5.92 Å². The molecule has 0 heterocycles. The lowest BCUT2D eigenvalue weighted by atomic mass is 9.97. The SMILES string of the molecule is CC[C@@H](CCCCNC(=O)COCCOCCNC(=O)COCCOCCCC(=O)CC[C@H](NC(=O)CC[C@H](NC(=O)CC[C@H](NC(=O)CCCCCCCCCCCCCCCCC(=O)O)C(=O)O)C(=O)O)C(=O)O)C(=O)N[C@H](C(C)=O)[C@@H](C)O. The zero-order valence-corrected chi connectivity index (χ0v) is 51.1. The molecule has 0 aromatic carbocycles. The average molecular weight is 1230 g/mol. The normalized spacial score (nSPS) is 13.2. The number of ether oxygens (including phenoxy) is 4. The second-order valence-electron chi connectivity index (χ2n) is 21.4. The van der Waals surface area contributed by atoms with Crippen LogP contribution >= 0.6 is 0 Å². The summed E-state index contributed by atoms with van der Waals surface area (Å²) in [5, 5.41) is 62.3. The maximum atomic E-state index is 12.6. The summed E-state index contributed by atoms with van der Waals surface area (Å²) < 4.78 is 21.4. The van der Waals surface area contributed by atoms with Gasteiger partial charge in [0.15, 0.2) is 5.78 Å². The molecule has 0 spiro atoms. The Morgan fingerprint density at radius 3 is 1.23 bits per heavy atom. The van der Waals surface area contributed by atoms with Gasteiger partial charge < -0.3 is 76.4 Å². The minimum absolute atomic E-state index is 0.0584.